The topological polar surface area (TPSA) is 21.3 Å². The van der Waals surface area contributed by atoms with Crippen LogP contribution in [0.5, 0.6) is 5.75 Å². The standard InChI is InChI=1S/C15H22F3NO/c1-5-14(2,3)13(19-4)10-11-6-8-12(9-7-11)20-15(16,17)18/h6-9,13,19H,5,10H2,1-4H3. The molecule has 0 saturated carbocycles. The number of hydrogen-bond donors (Lipinski definition) is 1. The monoisotopic (exact) mass is 289 g/mol. The van der Waals surface area contributed by atoms with Crippen LogP contribution in [0.2, 0.25) is 0 Å². The molecule has 0 heterocycles. The molecule has 2 nitrogen and oxygen atoms in total. The fourth-order valence-corrected chi connectivity index (χ4v) is 2.08. The maximum Gasteiger partial charge on any atom is 0.573 e. The fourth-order valence-electron chi connectivity index (χ4n) is 2.08. The lowest BCUT2D eigenvalue weighted by atomic mass is 9.79. The Morgan fingerprint density at radius 1 is 1.15 bits per heavy atom. The molecule has 1 N–H and O–H groups in total. The van der Waals surface area contributed by atoms with E-state index in [-0.39, 0.29) is 17.2 Å². The minimum absolute atomic E-state index is 0.121. The van der Waals surface area contributed by atoms with Crippen molar-refractivity contribution in [2.75, 3.05) is 7.05 Å². The zero-order valence-electron chi connectivity index (χ0n) is 12.3. The number of benzene rings is 1. The first-order chi connectivity index (χ1) is 9.18. The van der Waals surface area contributed by atoms with Crippen LogP contribution in [-0.4, -0.2) is 19.5 Å². The average Bonchev–Trinajstić information content (AvgIpc) is 2.35. The van der Waals surface area contributed by atoms with Crippen LogP contribution in [0.1, 0.15) is 32.8 Å². The van der Waals surface area contributed by atoms with Crippen LogP contribution in [-0.2, 0) is 6.42 Å². The Morgan fingerprint density at radius 3 is 2.10 bits per heavy atom. The van der Waals surface area contributed by atoms with Gasteiger partial charge in [-0.2, -0.15) is 0 Å². The van der Waals surface area contributed by atoms with E-state index in [1.54, 1.807) is 12.1 Å². The lowest BCUT2D eigenvalue weighted by Crippen LogP contribution is -2.41. The molecule has 114 valence electrons. The number of nitrogens with one attached hydrogen (secondary N) is 1. The summed E-state index contributed by atoms with van der Waals surface area (Å²) in [6, 6.07) is 6.33. The normalized spacial score (nSPS) is 14.2. The van der Waals surface area contributed by atoms with E-state index in [1.165, 1.54) is 12.1 Å². The van der Waals surface area contributed by atoms with E-state index in [0.29, 0.717) is 0 Å². The highest BCUT2D eigenvalue weighted by molar-refractivity contribution is 5.28. The summed E-state index contributed by atoms with van der Waals surface area (Å²) in [6.07, 6.45) is -2.85. The maximum atomic E-state index is 12.1. The molecule has 1 aromatic carbocycles. The molecule has 0 amide bonds. The molecule has 1 rings (SSSR count). The third kappa shape index (κ3) is 5.04. The van der Waals surface area contributed by atoms with Gasteiger partial charge in [-0.05, 0) is 43.0 Å². The second kappa shape index (κ2) is 6.48. The molecule has 0 radical (unpaired) electrons. The van der Waals surface area contributed by atoms with Crippen molar-refractivity contribution >= 4 is 0 Å². The van der Waals surface area contributed by atoms with Crippen LogP contribution in [0.3, 0.4) is 0 Å². The van der Waals surface area contributed by atoms with Crippen molar-refractivity contribution in [1.82, 2.24) is 5.32 Å². The fraction of sp³-hybridized carbons (Fsp3) is 0.600. The van der Waals surface area contributed by atoms with E-state index in [0.717, 1.165) is 18.4 Å². The van der Waals surface area contributed by atoms with E-state index in [1.807, 2.05) is 7.05 Å². The lowest BCUT2D eigenvalue weighted by molar-refractivity contribution is -0.274. The highest BCUT2D eigenvalue weighted by Gasteiger charge is 2.31. The van der Waals surface area contributed by atoms with Gasteiger partial charge in [-0.1, -0.05) is 32.9 Å². The molecule has 0 bridgehead atoms. The van der Waals surface area contributed by atoms with Crippen LogP contribution >= 0.6 is 0 Å². The van der Waals surface area contributed by atoms with Gasteiger partial charge >= 0.3 is 6.36 Å². The summed E-state index contributed by atoms with van der Waals surface area (Å²) in [4.78, 5) is 0. The zero-order chi connectivity index (χ0) is 15.4. The second-order valence-corrected chi connectivity index (χ2v) is 5.58. The maximum absolute atomic E-state index is 12.1. The zero-order valence-corrected chi connectivity index (χ0v) is 12.3. The van der Waals surface area contributed by atoms with Gasteiger partial charge in [0.15, 0.2) is 0 Å². The Morgan fingerprint density at radius 2 is 1.70 bits per heavy atom. The molecule has 0 fully saturated rings. The summed E-state index contributed by atoms with van der Waals surface area (Å²) in [5.41, 5.74) is 1.11. The Kier molecular flexibility index (Phi) is 5.45. The van der Waals surface area contributed by atoms with Crippen LogP contribution in [0.15, 0.2) is 24.3 Å². The number of alkyl halides is 3. The summed E-state index contributed by atoms with van der Waals surface area (Å²) in [7, 11) is 1.91. The number of rotatable bonds is 6. The molecule has 0 saturated heterocycles. The first-order valence-corrected chi connectivity index (χ1v) is 6.70. The summed E-state index contributed by atoms with van der Waals surface area (Å²) < 4.78 is 40.1. The molecule has 0 aromatic heterocycles. The van der Waals surface area contributed by atoms with Crippen LogP contribution in [0, 0.1) is 5.41 Å². The minimum atomic E-state index is -4.64. The van der Waals surface area contributed by atoms with Gasteiger partial charge in [0.1, 0.15) is 5.75 Å². The van der Waals surface area contributed by atoms with E-state index in [4.69, 9.17) is 0 Å². The molecule has 0 aliphatic heterocycles. The van der Waals surface area contributed by atoms with Crippen molar-refractivity contribution in [3.63, 3.8) is 0 Å². The molecule has 1 atom stereocenters. The summed E-state index contributed by atoms with van der Waals surface area (Å²) in [5.74, 6) is -0.183. The van der Waals surface area contributed by atoms with Gasteiger partial charge in [0.25, 0.3) is 0 Å². The predicted octanol–water partition coefficient (Wildman–Crippen LogP) is 4.15. The van der Waals surface area contributed by atoms with Crippen LogP contribution < -0.4 is 10.1 Å². The lowest BCUT2D eigenvalue weighted by Gasteiger charge is -2.33. The molecule has 5 heteroatoms. The first-order valence-electron chi connectivity index (χ1n) is 6.70. The van der Waals surface area contributed by atoms with Gasteiger partial charge in [0, 0.05) is 6.04 Å². The van der Waals surface area contributed by atoms with Crippen molar-refractivity contribution in [2.24, 2.45) is 5.41 Å². The first kappa shape index (κ1) is 16.8. The molecular weight excluding hydrogens is 267 g/mol. The van der Waals surface area contributed by atoms with Gasteiger partial charge in [-0.25, -0.2) is 0 Å². The van der Waals surface area contributed by atoms with Crippen molar-refractivity contribution in [1.29, 1.82) is 0 Å². The van der Waals surface area contributed by atoms with Gasteiger partial charge in [0.2, 0.25) is 0 Å². The number of halogens is 3. The number of ether oxygens (including phenoxy) is 1. The third-order valence-corrected chi connectivity index (χ3v) is 3.80. The Bertz CT molecular complexity index is 412. The van der Waals surface area contributed by atoms with Gasteiger partial charge in [-0.3, -0.25) is 0 Å². The molecule has 0 aliphatic rings. The Hall–Kier alpha value is -1.23. The van der Waals surface area contributed by atoms with E-state index >= 15 is 0 Å². The minimum Gasteiger partial charge on any atom is -0.406 e. The molecule has 1 unspecified atom stereocenters. The molecule has 20 heavy (non-hydrogen) atoms. The largest absolute Gasteiger partial charge is 0.573 e. The van der Waals surface area contributed by atoms with Crippen molar-refractivity contribution < 1.29 is 17.9 Å². The van der Waals surface area contributed by atoms with Crippen molar-refractivity contribution in [2.45, 2.75) is 46.0 Å². The highest BCUT2D eigenvalue weighted by atomic mass is 19.4. The average molecular weight is 289 g/mol. The Labute approximate surface area is 118 Å². The van der Waals surface area contributed by atoms with Crippen molar-refractivity contribution in [3.05, 3.63) is 29.8 Å². The Balaban J connectivity index is 2.74. The van der Waals surface area contributed by atoms with E-state index in [9.17, 15) is 13.2 Å². The number of likely N-dealkylation sites (N-methyl/N-ethyl adjacent to an activating group) is 1. The van der Waals surface area contributed by atoms with Gasteiger partial charge in [0.05, 0.1) is 0 Å². The number of hydrogen-bond acceptors (Lipinski definition) is 2. The van der Waals surface area contributed by atoms with Crippen molar-refractivity contribution in [3.8, 4) is 5.75 Å². The smallest absolute Gasteiger partial charge is 0.406 e. The molecule has 0 spiro atoms. The van der Waals surface area contributed by atoms with E-state index in [2.05, 4.69) is 30.8 Å². The van der Waals surface area contributed by atoms with E-state index < -0.39 is 6.36 Å². The SMILES string of the molecule is CCC(C)(C)C(Cc1ccc(OC(F)(F)F)cc1)NC. The van der Waals surface area contributed by atoms with Gasteiger partial charge in [-0.15, -0.1) is 13.2 Å². The predicted molar refractivity (Wildman–Crippen MR) is 73.7 cm³/mol. The third-order valence-electron chi connectivity index (χ3n) is 3.80. The second-order valence-electron chi connectivity index (χ2n) is 5.58. The molecule has 0 aliphatic carbocycles. The highest BCUT2D eigenvalue weighted by Crippen LogP contribution is 2.28. The summed E-state index contributed by atoms with van der Waals surface area (Å²) in [5, 5.41) is 3.28. The van der Waals surface area contributed by atoms with Crippen LogP contribution in [0.25, 0.3) is 0 Å². The molecular formula is C15H22F3NO. The quantitative estimate of drug-likeness (QED) is 0.849. The molecule has 1 aromatic rings. The summed E-state index contributed by atoms with van der Waals surface area (Å²) in [6.45, 7) is 6.48. The summed E-state index contributed by atoms with van der Waals surface area (Å²) >= 11 is 0. The van der Waals surface area contributed by atoms with Crippen LogP contribution in [0.4, 0.5) is 13.2 Å². The van der Waals surface area contributed by atoms with Gasteiger partial charge < -0.3 is 10.1 Å².